The minimum atomic E-state index is 0.802. The van der Waals surface area contributed by atoms with Gasteiger partial charge in [-0.15, -0.1) is 30.5 Å². The largest absolute Gasteiger partial charge is 0.315 e. The minimum absolute atomic E-state index is 0.802. The van der Waals surface area contributed by atoms with Gasteiger partial charge in [-0.25, -0.2) is 0 Å². The molecule has 0 aliphatic heterocycles. The summed E-state index contributed by atoms with van der Waals surface area (Å²) in [6.07, 6.45) is 10.9. The van der Waals surface area contributed by atoms with Crippen molar-refractivity contribution in [3.63, 3.8) is 0 Å². The predicted octanol–water partition coefficient (Wildman–Crippen LogP) is 0.966. The molecular formula is C9H13NS. The Morgan fingerprint density at radius 3 is 2.64 bits per heavy atom. The van der Waals surface area contributed by atoms with Gasteiger partial charge in [0.1, 0.15) is 0 Å². The van der Waals surface area contributed by atoms with E-state index in [1.54, 1.807) is 11.8 Å². The summed E-state index contributed by atoms with van der Waals surface area (Å²) in [5.41, 5.74) is 0. The molecule has 0 radical (unpaired) electrons. The van der Waals surface area contributed by atoms with E-state index in [0.717, 1.165) is 31.0 Å². The van der Waals surface area contributed by atoms with E-state index in [2.05, 4.69) is 17.2 Å². The van der Waals surface area contributed by atoms with Crippen molar-refractivity contribution in [1.82, 2.24) is 5.32 Å². The van der Waals surface area contributed by atoms with Crippen LogP contribution in [-0.2, 0) is 0 Å². The van der Waals surface area contributed by atoms with Crippen LogP contribution in [-0.4, -0.2) is 24.6 Å². The molecular weight excluding hydrogens is 154 g/mol. The molecule has 60 valence electrons. The van der Waals surface area contributed by atoms with Crippen molar-refractivity contribution in [1.29, 1.82) is 0 Å². The molecule has 0 heterocycles. The van der Waals surface area contributed by atoms with Crippen LogP contribution in [0.1, 0.15) is 6.42 Å². The Morgan fingerprint density at radius 2 is 2.00 bits per heavy atom. The van der Waals surface area contributed by atoms with Crippen LogP contribution in [0.3, 0.4) is 0 Å². The van der Waals surface area contributed by atoms with Gasteiger partial charge in [-0.1, -0.05) is 5.92 Å². The molecule has 0 atom stereocenters. The van der Waals surface area contributed by atoms with Crippen molar-refractivity contribution in [3.8, 4) is 24.7 Å². The number of hydrogen-bond acceptors (Lipinski definition) is 2. The standard InChI is InChI=1S/C9H13NS/c1-3-5-6-10-7-9-11-8-4-2/h1-2,10H,5-9H2. The van der Waals surface area contributed by atoms with Gasteiger partial charge in [0.05, 0.1) is 5.75 Å². The molecule has 11 heavy (non-hydrogen) atoms. The first-order valence-corrected chi connectivity index (χ1v) is 4.72. The van der Waals surface area contributed by atoms with Crippen LogP contribution in [0.25, 0.3) is 0 Å². The number of nitrogens with one attached hydrogen (secondary N) is 1. The second-order valence-corrected chi connectivity index (χ2v) is 3.07. The predicted molar refractivity (Wildman–Crippen MR) is 52.5 cm³/mol. The highest BCUT2D eigenvalue weighted by Gasteiger charge is 1.85. The van der Waals surface area contributed by atoms with Gasteiger partial charge in [-0.3, -0.25) is 0 Å². The molecule has 0 bridgehead atoms. The summed E-state index contributed by atoms with van der Waals surface area (Å²) >= 11 is 1.76. The van der Waals surface area contributed by atoms with Gasteiger partial charge in [0.25, 0.3) is 0 Å². The van der Waals surface area contributed by atoms with Crippen molar-refractivity contribution in [3.05, 3.63) is 0 Å². The molecule has 0 spiro atoms. The Hall–Kier alpha value is -0.570. The summed E-state index contributed by atoms with van der Waals surface area (Å²) < 4.78 is 0. The van der Waals surface area contributed by atoms with Crippen LogP contribution < -0.4 is 5.32 Å². The molecule has 0 unspecified atom stereocenters. The molecule has 0 aromatic carbocycles. The first-order valence-electron chi connectivity index (χ1n) is 3.57. The molecule has 0 aliphatic rings. The molecule has 2 heteroatoms. The lowest BCUT2D eigenvalue weighted by molar-refractivity contribution is 0.739. The summed E-state index contributed by atoms with van der Waals surface area (Å²) in [7, 11) is 0. The quantitative estimate of drug-likeness (QED) is 0.467. The van der Waals surface area contributed by atoms with Crippen LogP contribution in [0.2, 0.25) is 0 Å². The lowest BCUT2D eigenvalue weighted by atomic mass is 10.4. The van der Waals surface area contributed by atoms with E-state index in [1.807, 2.05) is 0 Å². The van der Waals surface area contributed by atoms with Crippen molar-refractivity contribution < 1.29 is 0 Å². The highest BCUT2D eigenvalue weighted by atomic mass is 32.2. The second-order valence-electron chi connectivity index (χ2n) is 1.96. The lowest BCUT2D eigenvalue weighted by Gasteiger charge is -1.99. The van der Waals surface area contributed by atoms with Crippen LogP contribution in [0.5, 0.6) is 0 Å². The third kappa shape index (κ3) is 9.43. The number of terminal acetylenes is 2. The van der Waals surface area contributed by atoms with E-state index in [1.165, 1.54) is 0 Å². The van der Waals surface area contributed by atoms with Gasteiger partial charge in [-0.2, -0.15) is 0 Å². The van der Waals surface area contributed by atoms with E-state index < -0.39 is 0 Å². The molecule has 0 aromatic heterocycles. The molecule has 0 aromatic rings. The zero-order chi connectivity index (χ0) is 8.36. The molecule has 0 saturated carbocycles. The van der Waals surface area contributed by atoms with Crippen molar-refractivity contribution in [2.75, 3.05) is 24.6 Å². The average molecular weight is 167 g/mol. The fourth-order valence-electron chi connectivity index (χ4n) is 0.561. The Morgan fingerprint density at radius 1 is 1.18 bits per heavy atom. The zero-order valence-corrected chi connectivity index (χ0v) is 7.41. The lowest BCUT2D eigenvalue weighted by Crippen LogP contribution is -2.17. The van der Waals surface area contributed by atoms with Crippen LogP contribution >= 0.6 is 11.8 Å². The monoisotopic (exact) mass is 167 g/mol. The van der Waals surface area contributed by atoms with Crippen molar-refractivity contribution in [2.45, 2.75) is 6.42 Å². The Balaban J connectivity index is 2.82. The second kappa shape index (κ2) is 9.43. The maximum atomic E-state index is 5.07. The zero-order valence-electron chi connectivity index (χ0n) is 6.60. The van der Waals surface area contributed by atoms with Gasteiger partial charge < -0.3 is 5.32 Å². The summed E-state index contributed by atoms with van der Waals surface area (Å²) in [4.78, 5) is 0. The molecule has 0 rings (SSSR count). The van der Waals surface area contributed by atoms with E-state index in [0.29, 0.717) is 0 Å². The first kappa shape index (κ1) is 10.4. The van der Waals surface area contributed by atoms with Gasteiger partial charge >= 0.3 is 0 Å². The fourth-order valence-corrected chi connectivity index (χ4v) is 1.11. The molecule has 0 aliphatic carbocycles. The van der Waals surface area contributed by atoms with Gasteiger partial charge in [0, 0.05) is 25.3 Å². The Kier molecular flexibility index (Phi) is 8.94. The molecule has 1 N–H and O–H groups in total. The van der Waals surface area contributed by atoms with Crippen LogP contribution in [0.4, 0.5) is 0 Å². The third-order valence-electron chi connectivity index (χ3n) is 1.05. The third-order valence-corrected chi connectivity index (χ3v) is 1.92. The normalized spacial score (nSPS) is 8.55. The Bertz CT molecular complexity index is 134. The summed E-state index contributed by atoms with van der Waals surface area (Å²) in [6.45, 7) is 1.90. The number of rotatable bonds is 6. The minimum Gasteiger partial charge on any atom is -0.315 e. The number of hydrogen-bond donors (Lipinski definition) is 1. The first-order chi connectivity index (χ1) is 5.41. The number of thioether (sulfide) groups is 1. The van der Waals surface area contributed by atoms with Gasteiger partial charge in [0.15, 0.2) is 0 Å². The van der Waals surface area contributed by atoms with Crippen LogP contribution in [0, 0.1) is 24.7 Å². The molecule has 0 fully saturated rings. The molecule has 0 saturated heterocycles. The fraction of sp³-hybridized carbons (Fsp3) is 0.556. The molecule has 0 amide bonds. The van der Waals surface area contributed by atoms with Crippen molar-refractivity contribution in [2.24, 2.45) is 0 Å². The summed E-state index contributed by atoms with van der Waals surface area (Å²) in [6, 6.07) is 0. The van der Waals surface area contributed by atoms with Crippen LogP contribution in [0.15, 0.2) is 0 Å². The van der Waals surface area contributed by atoms with Gasteiger partial charge in [-0.05, 0) is 0 Å². The smallest absolute Gasteiger partial charge is 0.0545 e. The maximum absolute atomic E-state index is 5.07. The SMILES string of the molecule is C#CCCNCCSCC#C. The van der Waals surface area contributed by atoms with E-state index in [9.17, 15) is 0 Å². The topological polar surface area (TPSA) is 12.0 Å². The van der Waals surface area contributed by atoms with E-state index >= 15 is 0 Å². The highest BCUT2D eigenvalue weighted by molar-refractivity contribution is 7.99. The van der Waals surface area contributed by atoms with E-state index in [-0.39, 0.29) is 0 Å². The van der Waals surface area contributed by atoms with Gasteiger partial charge in [0.2, 0.25) is 0 Å². The summed E-state index contributed by atoms with van der Waals surface area (Å²) in [5.74, 6) is 7.01. The molecule has 1 nitrogen and oxygen atoms in total. The summed E-state index contributed by atoms with van der Waals surface area (Å²) in [5, 5.41) is 3.21. The van der Waals surface area contributed by atoms with Crippen molar-refractivity contribution >= 4 is 11.8 Å². The van der Waals surface area contributed by atoms with E-state index in [4.69, 9.17) is 12.8 Å². The highest BCUT2D eigenvalue weighted by Crippen LogP contribution is 1.94. The average Bonchev–Trinajstić information content (AvgIpc) is 2.03. The Labute approximate surface area is 73.3 Å². The maximum Gasteiger partial charge on any atom is 0.0545 e.